The molecule has 2 heterocycles. The van der Waals surface area contributed by atoms with Crippen molar-refractivity contribution in [2.45, 2.75) is 19.8 Å². The molecule has 6 nitrogen and oxygen atoms in total. The lowest BCUT2D eigenvalue weighted by Crippen LogP contribution is -1.99. The minimum absolute atomic E-state index is 0.161. The van der Waals surface area contributed by atoms with Crippen molar-refractivity contribution in [3.8, 4) is 0 Å². The van der Waals surface area contributed by atoms with Gasteiger partial charge in [0.25, 0.3) is 0 Å². The molecule has 0 radical (unpaired) electrons. The number of aromatic carboxylic acids is 1. The van der Waals surface area contributed by atoms with Gasteiger partial charge in [-0.3, -0.25) is 4.98 Å². The number of carboxylic acids is 1. The average Bonchev–Trinajstić information content (AvgIpc) is 2.77. The second kappa shape index (κ2) is 4.73. The van der Waals surface area contributed by atoms with Crippen molar-refractivity contribution < 1.29 is 14.4 Å². The third-order valence-corrected chi connectivity index (χ3v) is 2.23. The Balaban J connectivity index is 2.10. The first-order valence-corrected chi connectivity index (χ1v) is 5.18. The fourth-order valence-electron chi connectivity index (χ4n) is 1.32. The van der Waals surface area contributed by atoms with Crippen LogP contribution in [-0.4, -0.2) is 26.2 Å². The van der Waals surface area contributed by atoms with Crippen LogP contribution in [0.2, 0.25) is 0 Å². The fraction of sp³-hybridized carbons (Fsp3) is 0.273. The molecule has 88 valence electrons. The largest absolute Gasteiger partial charge is 0.478 e. The minimum Gasteiger partial charge on any atom is -0.478 e. The number of nitrogens with zero attached hydrogens (tertiary/aromatic N) is 3. The summed E-state index contributed by atoms with van der Waals surface area (Å²) in [5.74, 6) is 0.148. The maximum absolute atomic E-state index is 10.6. The third kappa shape index (κ3) is 2.66. The van der Waals surface area contributed by atoms with Gasteiger partial charge < -0.3 is 9.63 Å². The van der Waals surface area contributed by atoms with E-state index in [1.54, 1.807) is 6.07 Å². The molecule has 2 aromatic rings. The Bertz CT molecular complexity index is 519. The van der Waals surface area contributed by atoms with Gasteiger partial charge in [0, 0.05) is 18.3 Å². The van der Waals surface area contributed by atoms with Crippen molar-refractivity contribution in [3.63, 3.8) is 0 Å². The van der Waals surface area contributed by atoms with Crippen LogP contribution in [0.15, 0.2) is 22.9 Å². The van der Waals surface area contributed by atoms with E-state index in [1.165, 1.54) is 12.3 Å². The van der Waals surface area contributed by atoms with Gasteiger partial charge in [0.15, 0.2) is 5.82 Å². The molecule has 0 spiro atoms. The van der Waals surface area contributed by atoms with Crippen molar-refractivity contribution >= 4 is 5.97 Å². The highest BCUT2D eigenvalue weighted by Crippen LogP contribution is 2.07. The van der Waals surface area contributed by atoms with E-state index in [0.29, 0.717) is 23.8 Å². The first-order valence-electron chi connectivity index (χ1n) is 5.18. The predicted molar refractivity (Wildman–Crippen MR) is 57.7 cm³/mol. The van der Waals surface area contributed by atoms with Crippen molar-refractivity contribution in [1.82, 2.24) is 15.1 Å². The number of hydrogen-bond acceptors (Lipinski definition) is 5. The van der Waals surface area contributed by atoms with E-state index in [-0.39, 0.29) is 5.56 Å². The second-order valence-corrected chi connectivity index (χ2v) is 3.48. The standard InChI is InChI=1S/C11H11N3O3/c1-2-9-13-10(17-14-9)5-8-4-3-7(6-12-8)11(15)16/h3-4,6H,2,5H2,1H3,(H,15,16). The van der Waals surface area contributed by atoms with Crippen molar-refractivity contribution in [3.05, 3.63) is 41.3 Å². The average molecular weight is 233 g/mol. The first-order chi connectivity index (χ1) is 8.19. The van der Waals surface area contributed by atoms with Gasteiger partial charge in [-0.25, -0.2) is 4.79 Å². The van der Waals surface area contributed by atoms with Gasteiger partial charge in [0.05, 0.1) is 12.0 Å². The molecule has 0 unspecified atom stereocenters. The Morgan fingerprint density at radius 3 is 2.82 bits per heavy atom. The lowest BCUT2D eigenvalue weighted by molar-refractivity contribution is 0.0696. The van der Waals surface area contributed by atoms with Gasteiger partial charge in [0.2, 0.25) is 5.89 Å². The summed E-state index contributed by atoms with van der Waals surface area (Å²) < 4.78 is 5.02. The van der Waals surface area contributed by atoms with Crippen LogP contribution in [0.25, 0.3) is 0 Å². The number of rotatable bonds is 4. The Labute approximate surface area is 97.3 Å². The Morgan fingerprint density at radius 1 is 1.47 bits per heavy atom. The summed E-state index contributed by atoms with van der Waals surface area (Å²) in [7, 11) is 0. The molecule has 0 aliphatic heterocycles. The van der Waals surface area contributed by atoms with Crippen LogP contribution >= 0.6 is 0 Å². The number of carbonyl (C=O) groups is 1. The van der Waals surface area contributed by atoms with E-state index in [2.05, 4.69) is 15.1 Å². The highest BCUT2D eigenvalue weighted by molar-refractivity contribution is 5.87. The molecule has 0 fully saturated rings. The first kappa shape index (κ1) is 11.3. The fourth-order valence-corrected chi connectivity index (χ4v) is 1.32. The number of carboxylic acid groups (broad SMARTS) is 1. The summed E-state index contributed by atoms with van der Waals surface area (Å²) in [5.41, 5.74) is 0.856. The predicted octanol–water partition coefficient (Wildman–Crippen LogP) is 1.32. The summed E-state index contributed by atoms with van der Waals surface area (Å²) in [5, 5.41) is 12.5. The zero-order valence-electron chi connectivity index (χ0n) is 9.25. The van der Waals surface area contributed by atoms with Crippen LogP contribution in [0.3, 0.4) is 0 Å². The summed E-state index contributed by atoms with van der Waals surface area (Å²) in [6, 6.07) is 3.14. The maximum Gasteiger partial charge on any atom is 0.337 e. The van der Waals surface area contributed by atoms with Crippen LogP contribution < -0.4 is 0 Å². The van der Waals surface area contributed by atoms with Crippen LogP contribution in [0.5, 0.6) is 0 Å². The summed E-state index contributed by atoms with van der Waals surface area (Å²) in [6.45, 7) is 1.94. The molecule has 0 saturated heterocycles. The molecule has 0 atom stereocenters. The van der Waals surface area contributed by atoms with Gasteiger partial charge in [0.1, 0.15) is 0 Å². The number of hydrogen-bond donors (Lipinski definition) is 1. The van der Waals surface area contributed by atoms with Crippen molar-refractivity contribution in [1.29, 1.82) is 0 Å². The number of pyridine rings is 1. The molecular formula is C11H11N3O3. The second-order valence-electron chi connectivity index (χ2n) is 3.48. The minimum atomic E-state index is -0.991. The highest BCUT2D eigenvalue weighted by atomic mass is 16.5. The topological polar surface area (TPSA) is 89.1 Å². The SMILES string of the molecule is CCc1noc(Cc2ccc(C(=O)O)cn2)n1. The third-order valence-electron chi connectivity index (χ3n) is 2.23. The van der Waals surface area contributed by atoms with E-state index < -0.39 is 5.97 Å². The zero-order chi connectivity index (χ0) is 12.3. The van der Waals surface area contributed by atoms with E-state index in [0.717, 1.165) is 6.42 Å². The molecular weight excluding hydrogens is 222 g/mol. The summed E-state index contributed by atoms with van der Waals surface area (Å²) in [6.07, 6.45) is 2.44. The van der Waals surface area contributed by atoms with Gasteiger partial charge in [-0.05, 0) is 12.1 Å². The molecule has 17 heavy (non-hydrogen) atoms. The normalized spacial score (nSPS) is 10.4. The Morgan fingerprint density at radius 2 is 2.29 bits per heavy atom. The van der Waals surface area contributed by atoms with Crippen LogP contribution in [0.1, 0.15) is 34.7 Å². The van der Waals surface area contributed by atoms with Gasteiger partial charge in [-0.2, -0.15) is 4.98 Å². The Hall–Kier alpha value is -2.24. The molecule has 0 amide bonds. The zero-order valence-corrected chi connectivity index (χ0v) is 9.25. The van der Waals surface area contributed by atoms with Gasteiger partial charge in [-0.1, -0.05) is 12.1 Å². The number of aromatic nitrogens is 3. The van der Waals surface area contributed by atoms with Crippen LogP contribution in [0, 0.1) is 0 Å². The van der Waals surface area contributed by atoms with E-state index in [9.17, 15) is 4.79 Å². The lowest BCUT2D eigenvalue weighted by atomic mass is 10.2. The molecule has 0 saturated carbocycles. The summed E-state index contributed by atoms with van der Waals surface area (Å²) in [4.78, 5) is 18.8. The van der Waals surface area contributed by atoms with Crippen LogP contribution in [-0.2, 0) is 12.8 Å². The maximum atomic E-state index is 10.6. The van der Waals surface area contributed by atoms with Crippen LogP contribution in [0.4, 0.5) is 0 Å². The molecule has 0 aliphatic rings. The Kier molecular flexibility index (Phi) is 3.13. The molecule has 0 bridgehead atoms. The van der Waals surface area contributed by atoms with Gasteiger partial charge in [-0.15, -0.1) is 0 Å². The van der Waals surface area contributed by atoms with Crippen molar-refractivity contribution in [2.75, 3.05) is 0 Å². The molecule has 1 N–H and O–H groups in total. The number of aryl methyl sites for hydroxylation is 1. The van der Waals surface area contributed by atoms with Gasteiger partial charge >= 0.3 is 5.97 Å². The van der Waals surface area contributed by atoms with E-state index in [1.807, 2.05) is 6.92 Å². The van der Waals surface area contributed by atoms with E-state index in [4.69, 9.17) is 9.63 Å². The highest BCUT2D eigenvalue weighted by Gasteiger charge is 2.08. The lowest BCUT2D eigenvalue weighted by Gasteiger charge is -1.97. The molecule has 0 aliphatic carbocycles. The molecule has 2 rings (SSSR count). The van der Waals surface area contributed by atoms with Crippen molar-refractivity contribution in [2.24, 2.45) is 0 Å². The van der Waals surface area contributed by atoms with E-state index >= 15 is 0 Å². The molecule has 0 aromatic carbocycles. The smallest absolute Gasteiger partial charge is 0.337 e. The summed E-state index contributed by atoms with van der Waals surface area (Å²) >= 11 is 0. The molecule has 6 heteroatoms. The quantitative estimate of drug-likeness (QED) is 0.856. The monoisotopic (exact) mass is 233 g/mol. The molecule has 2 aromatic heterocycles.